The molecule has 0 saturated heterocycles. The van der Waals surface area contributed by atoms with Crippen molar-refractivity contribution in [2.45, 2.75) is 13.0 Å². The fraction of sp³-hybridized carbons (Fsp3) is 0.0870. The predicted octanol–water partition coefficient (Wildman–Crippen LogP) is 4.95. The molecular formula is C23H18FN3O3. The number of nitrogens with one attached hydrogen (secondary N) is 1. The first kappa shape index (κ1) is 19.3. The smallest absolute Gasteiger partial charge is 0.265 e. The summed E-state index contributed by atoms with van der Waals surface area (Å²) >= 11 is 0. The third kappa shape index (κ3) is 4.52. The van der Waals surface area contributed by atoms with Crippen LogP contribution < -0.4 is 10.1 Å². The summed E-state index contributed by atoms with van der Waals surface area (Å²) in [4.78, 5) is 16.8. The Morgan fingerprint density at radius 3 is 2.37 bits per heavy atom. The molecule has 0 aliphatic heterocycles. The van der Waals surface area contributed by atoms with Gasteiger partial charge in [0.05, 0.1) is 0 Å². The molecule has 4 aromatic rings. The van der Waals surface area contributed by atoms with Crippen molar-refractivity contribution in [1.82, 2.24) is 10.1 Å². The van der Waals surface area contributed by atoms with E-state index < -0.39 is 6.10 Å². The summed E-state index contributed by atoms with van der Waals surface area (Å²) in [6, 6.07) is 22.1. The van der Waals surface area contributed by atoms with Gasteiger partial charge in [-0.25, -0.2) is 4.39 Å². The molecule has 30 heavy (non-hydrogen) atoms. The molecule has 1 atom stereocenters. The number of aromatic nitrogens is 2. The summed E-state index contributed by atoms with van der Waals surface area (Å²) in [6.45, 7) is 1.62. The number of hydrogen-bond donors (Lipinski definition) is 1. The van der Waals surface area contributed by atoms with Crippen molar-refractivity contribution in [3.8, 4) is 28.6 Å². The molecule has 3 aromatic carbocycles. The van der Waals surface area contributed by atoms with Gasteiger partial charge in [-0.1, -0.05) is 35.5 Å². The minimum absolute atomic E-state index is 0.323. The second-order valence-electron chi connectivity index (χ2n) is 6.57. The molecule has 0 bridgehead atoms. The van der Waals surface area contributed by atoms with Crippen LogP contribution in [0.15, 0.2) is 83.4 Å². The number of amides is 1. The van der Waals surface area contributed by atoms with Crippen molar-refractivity contribution >= 4 is 11.6 Å². The van der Waals surface area contributed by atoms with Gasteiger partial charge in [0.1, 0.15) is 11.6 Å². The van der Waals surface area contributed by atoms with E-state index in [4.69, 9.17) is 9.26 Å². The van der Waals surface area contributed by atoms with E-state index in [0.717, 1.165) is 11.1 Å². The van der Waals surface area contributed by atoms with Gasteiger partial charge in [0.15, 0.2) is 6.10 Å². The number of carbonyl (C=O) groups excluding carboxylic acids is 1. The highest BCUT2D eigenvalue weighted by Gasteiger charge is 2.16. The minimum Gasteiger partial charge on any atom is -0.481 e. The van der Waals surface area contributed by atoms with Gasteiger partial charge in [-0.15, -0.1) is 0 Å². The van der Waals surface area contributed by atoms with E-state index in [9.17, 15) is 9.18 Å². The van der Waals surface area contributed by atoms with Crippen molar-refractivity contribution < 1.29 is 18.4 Å². The van der Waals surface area contributed by atoms with Gasteiger partial charge in [-0.3, -0.25) is 4.79 Å². The number of ether oxygens (including phenoxy) is 1. The topological polar surface area (TPSA) is 77.2 Å². The van der Waals surface area contributed by atoms with Crippen molar-refractivity contribution in [2.75, 3.05) is 5.32 Å². The van der Waals surface area contributed by atoms with E-state index in [1.165, 1.54) is 24.3 Å². The van der Waals surface area contributed by atoms with Crippen LogP contribution in [-0.4, -0.2) is 22.2 Å². The van der Waals surface area contributed by atoms with Crippen molar-refractivity contribution in [3.05, 3.63) is 84.7 Å². The Morgan fingerprint density at radius 2 is 1.67 bits per heavy atom. The Morgan fingerprint density at radius 1 is 0.967 bits per heavy atom. The molecular weight excluding hydrogens is 385 g/mol. The van der Waals surface area contributed by atoms with E-state index in [1.807, 2.05) is 30.3 Å². The summed E-state index contributed by atoms with van der Waals surface area (Å²) in [6.07, 6.45) is -0.750. The lowest BCUT2D eigenvalue weighted by Gasteiger charge is -2.14. The number of anilines is 1. The second-order valence-corrected chi connectivity index (χ2v) is 6.57. The van der Waals surface area contributed by atoms with Crippen molar-refractivity contribution in [2.24, 2.45) is 0 Å². The van der Waals surface area contributed by atoms with Crippen LogP contribution in [0.1, 0.15) is 6.92 Å². The van der Waals surface area contributed by atoms with Gasteiger partial charge in [0.2, 0.25) is 5.82 Å². The molecule has 150 valence electrons. The summed E-state index contributed by atoms with van der Waals surface area (Å²) in [5.41, 5.74) is 2.20. The lowest BCUT2D eigenvalue weighted by atomic mass is 10.2. The largest absolute Gasteiger partial charge is 0.481 e. The quantitative estimate of drug-likeness (QED) is 0.493. The van der Waals surface area contributed by atoms with Crippen LogP contribution in [0.3, 0.4) is 0 Å². The fourth-order valence-corrected chi connectivity index (χ4v) is 2.76. The highest BCUT2D eigenvalue weighted by atomic mass is 19.1. The van der Waals surface area contributed by atoms with E-state index in [-0.39, 0.29) is 11.7 Å². The molecule has 6 nitrogen and oxygen atoms in total. The van der Waals surface area contributed by atoms with E-state index >= 15 is 0 Å². The van der Waals surface area contributed by atoms with Gasteiger partial charge in [-0.2, -0.15) is 4.98 Å². The molecule has 0 aliphatic carbocycles. The maximum Gasteiger partial charge on any atom is 0.265 e. The lowest BCUT2D eigenvalue weighted by Crippen LogP contribution is -2.30. The van der Waals surface area contributed by atoms with Gasteiger partial charge in [-0.05, 0) is 55.5 Å². The summed E-state index contributed by atoms with van der Waals surface area (Å²) in [7, 11) is 0. The zero-order chi connectivity index (χ0) is 20.9. The van der Waals surface area contributed by atoms with Crippen LogP contribution in [0.2, 0.25) is 0 Å². The Labute approximate surface area is 172 Å². The maximum atomic E-state index is 13.0. The van der Waals surface area contributed by atoms with Gasteiger partial charge >= 0.3 is 0 Å². The second kappa shape index (κ2) is 8.57. The standard InChI is InChI=1S/C23H18FN3O3/c1-15(29-20-13-9-18(24)10-14-20)22(28)25-19-11-7-17(8-12-19)23-26-21(27-30-23)16-5-3-2-4-6-16/h2-15H,1H3,(H,25,28). The number of nitrogens with zero attached hydrogens (tertiary/aromatic N) is 2. The molecule has 0 aliphatic rings. The first-order valence-electron chi connectivity index (χ1n) is 9.31. The van der Waals surface area contributed by atoms with Crippen LogP contribution in [0.25, 0.3) is 22.8 Å². The number of carbonyl (C=O) groups is 1. The number of hydrogen-bond acceptors (Lipinski definition) is 5. The Bertz CT molecular complexity index is 1130. The van der Waals surface area contributed by atoms with Crippen molar-refractivity contribution in [1.29, 1.82) is 0 Å². The predicted molar refractivity (Wildman–Crippen MR) is 110 cm³/mol. The molecule has 7 heteroatoms. The monoisotopic (exact) mass is 403 g/mol. The first-order chi connectivity index (χ1) is 14.6. The van der Waals surface area contributed by atoms with Crippen LogP contribution in [-0.2, 0) is 4.79 Å². The SMILES string of the molecule is CC(Oc1ccc(F)cc1)C(=O)Nc1ccc(-c2nc(-c3ccccc3)no2)cc1. The van der Waals surface area contributed by atoms with Crippen LogP contribution >= 0.6 is 0 Å². The fourth-order valence-electron chi connectivity index (χ4n) is 2.76. The number of halogens is 1. The summed E-state index contributed by atoms with van der Waals surface area (Å²) in [5, 5.41) is 6.78. The Balaban J connectivity index is 1.39. The van der Waals surface area contributed by atoms with Crippen LogP contribution in [0.5, 0.6) is 5.75 Å². The zero-order valence-electron chi connectivity index (χ0n) is 16.1. The molecule has 1 N–H and O–H groups in total. The van der Waals surface area contributed by atoms with Crippen molar-refractivity contribution in [3.63, 3.8) is 0 Å². The molecule has 1 heterocycles. The molecule has 0 radical (unpaired) electrons. The maximum absolute atomic E-state index is 13.0. The Kier molecular flexibility index (Phi) is 5.52. The lowest BCUT2D eigenvalue weighted by molar-refractivity contribution is -0.122. The highest BCUT2D eigenvalue weighted by Crippen LogP contribution is 2.23. The summed E-state index contributed by atoms with van der Waals surface area (Å²) in [5.74, 6) is 0.627. The summed E-state index contributed by atoms with van der Waals surface area (Å²) < 4.78 is 23.8. The first-order valence-corrected chi connectivity index (χ1v) is 9.31. The molecule has 0 fully saturated rings. The third-order valence-corrected chi connectivity index (χ3v) is 4.35. The third-order valence-electron chi connectivity index (χ3n) is 4.35. The van der Waals surface area contributed by atoms with E-state index in [2.05, 4.69) is 15.5 Å². The number of rotatable bonds is 6. The number of benzene rings is 3. The highest BCUT2D eigenvalue weighted by molar-refractivity contribution is 5.94. The normalized spacial score (nSPS) is 11.7. The molecule has 0 spiro atoms. The van der Waals surface area contributed by atoms with Gasteiger partial charge in [0.25, 0.3) is 11.8 Å². The molecule has 1 amide bonds. The Hall–Kier alpha value is -4.00. The average Bonchev–Trinajstić information content (AvgIpc) is 3.27. The van der Waals surface area contributed by atoms with Crippen LogP contribution in [0.4, 0.5) is 10.1 Å². The van der Waals surface area contributed by atoms with Crippen LogP contribution in [0, 0.1) is 5.82 Å². The molecule has 1 unspecified atom stereocenters. The zero-order valence-corrected chi connectivity index (χ0v) is 16.1. The minimum atomic E-state index is -0.750. The average molecular weight is 403 g/mol. The van der Waals surface area contributed by atoms with E-state index in [0.29, 0.717) is 23.2 Å². The van der Waals surface area contributed by atoms with Gasteiger partial charge < -0.3 is 14.6 Å². The molecule has 1 aromatic heterocycles. The van der Waals surface area contributed by atoms with Gasteiger partial charge in [0, 0.05) is 16.8 Å². The molecule has 4 rings (SSSR count). The molecule has 0 saturated carbocycles. The van der Waals surface area contributed by atoms with E-state index in [1.54, 1.807) is 31.2 Å².